The van der Waals surface area contributed by atoms with E-state index in [1.165, 1.54) is 17.3 Å². The molecule has 0 atom stereocenters. The normalized spacial score (nSPS) is 13.7. The number of nitrogens with zero attached hydrogens (tertiary/aromatic N) is 3. The fourth-order valence-electron chi connectivity index (χ4n) is 5.02. The van der Waals surface area contributed by atoms with Crippen LogP contribution in [-0.4, -0.2) is 33.2 Å². The van der Waals surface area contributed by atoms with E-state index in [9.17, 15) is 4.79 Å². The molecule has 0 saturated heterocycles. The number of benzene rings is 2. The smallest absolute Gasteiger partial charge is 0.411 e. The molecule has 1 aliphatic carbocycles. The van der Waals surface area contributed by atoms with Crippen molar-refractivity contribution in [3.63, 3.8) is 0 Å². The van der Waals surface area contributed by atoms with E-state index in [1.807, 2.05) is 44.6 Å². The van der Waals surface area contributed by atoms with Crippen LogP contribution in [0.5, 0.6) is 5.75 Å². The van der Waals surface area contributed by atoms with E-state index in [0.29, 0.717) is 18.3 Å². The van der Waals surface area contributed by atoms with Gasteiger partial charge in [-0.25, -0.2) is 4.79 Å². The van der Waals surface area contributed by atoms with Gasteiger partial charge in [0.15, 0.2) is 0 Å². The molecular formula is C29H34N4O3. The number of hydrogen-bond donors (Lipinski definition) is 1. The predicted molar refractivity (Wildman–Crippen MR) is 144 cm³/mol. The molecule has 1 aliphatic rings. The summed E-state index contributed by atoms with van der Waals surface area (Å²) in [6.45, 7) is 8.42. The summed E-state index contributed by atoms with van der Waals surface area (Å²) in [5, 5.41) is 8.86. The summed E-state index contributed by atoms with van der Waals surface area (Å²) in [6.07, 6.45) is 4.97. The Morgan fingerprint density at radius 1 is 1.17 bits per heavy atom. The van der Waals surface area contributed by atoms with E-state index >= 15 is 0 Å². The van der Waals surface area contributed by atoms with Crippen LogP contribution in [0.3, 0.4) is 0 Å². The van der Waals surface area contributed by atoms with E-state index in [-0.39, 0.29) is 6.10 Å². The predicted octanol–water partition coefficient (Wildman–Crippen LogP) is 7.10. The Morgan fingerprint density at radius 2 is 1.92 bits per heavy atom. The maximum atomic E-state index is 12.1. The zero-order valence-corrected chi connectivity index (χ0v) is 21.7. The average molecular weight is 487 g/mol. The molecule has 7 heteroatoms. The maximum Gasteiger partial charge on any atom is 0.411 e. The van der Waals surface area contributed by atoms with E-state index in [2.05, 4.69) is 53.3 Å². The lowest BCUT2D eigenvalue weighted by atomic mass is 9.92. The van der Waals surface area contributed by atoms with Crippen molar-refractivity contribution in [1.82, 2.24) is 14.3 Å². The minimum Gasteiger partial charge on any atom is -0.494 e. The SMILES string of the molecule is CCOc1ccc2c(-c3nn(C)cc3C)c(-c3ccc(NC(=O)OC(C)C)cc3)n(C3CCC3)c2c1. The summed E-state index contributed by atoms with van der Waals surface area (Å²) >= 11 is 0. The Kier molecular flexibility index (Phi) is 6.48. The van der Waals surface area contributed by atoms with Crippen molar-refractivity contribution < 1.29 is 14.3 Å². The second-order valence-electron chi connectivity index (χ2n) is 9.78. The number of nitrogens with one attached hydrogen (secondary N) is 1. The molecule has 2 aromatic heterocycles. The Bertz CT molecular complexity index is 1390. The highest BCUT2D eigenvalue weighted by Gasteiger charge is 2.30. The van der Waals surface area contributed by atoms with Gasteiger partial charge in [-0.05, 0) is 82.3 Å². The molecule has 1 amide bonds. The van der Waals surface area contributed by atoms with Crippen molar-refractivity contribution in [3.8, 4) is 28.3 Å². The van der Waals surface area contributed by atoms with Gasteiger partial charge in [0.25, 0.3) is 0 Å². The van der Waals surface area contributed by atoms with Crippen LogP contribution in [0.25, 0.3) is 33.4 Å². The van der Waals surface area contributed by atoms with E-state index in [1.54, 1.807) is 0 Å². The van der Waals surface area contributed by atoms with Crippen LogP contribution in [0.15, 0.2) is 48.7 Å². The quantitative estimate of drug-likeness (QED) is 0.302. The zero-order chi connectivity index (χ0) is 25.4. The zero-order valence-electron chi connectivity index (χ0n) is 21.7. The molecule has 0 spiro atoms. The third-order valence-electron chi connectivity index (χ3n) is 6.72. The van der Waals surface area contributed by atoms with Crippen molar-refractivity contribution in [2.75, 3.05) is 11.9 Å². The molecule has 2 heterocycles. The lowest BCUT2D eigenvalue weighted by Gasteiger charge is -2.30. The molecule has 0 aliphatic heterocycles. The van der Waals surface area contributed by atoms with Gasteiger partial charge in [0, 0.05) is 42.0 Å². The monoisotopic (exact) mass is 486 g/mol. The average Bonchev–Trinajstić information content (AvgIpc) is 3.28. The molecule has 5 rings (SSSR count). The second-order valence-corrected chi connectivity index (χ2v) is 9.78. The lowest BCUT2D eigenvalue weighted by Crippen LogP contribution is -2.18. The molecule has 1 N–H and O–H groups in total. The third-order valence-corrected chi connectivity index (χ3v) is 6.72. The molecule has 0 bridgehead atoms. The van der Waals surface area contributed by atoms with Gasteiger partial charge in [0.2, 0.25) is 0 Å². The van der Waals surface area contributed by atoms with Gasteiger partial charge in [0.05, 0.1) is 29.6 Å². The molecule has 0 unspecified atom stereocenters. The fourth-order valence-corrected chi connectivity index (χ4v) is 5.02. The lowest BCUT2D eigenvalue weighted by molar-refractivity contribution is 0.130. The van der Waals surface area contributed by atoms with Crippen LogP contribution < -0.4 is 10.1 Å². The van der Waals surface area contributed by atoms with E-state index < -0.39 is 6.09 Å². The van der Waals surface area contributed by atoms with Crippen LogP contribution in [-0.2, 0) is 11.8 Å². The van der Waals surface area contributed by atoms with E-state index in [4.69, 9.17) is 14.6 Å². The molecule has 4 aromatic rings. The van der Waals surface area contributed by atoms with Gasteiger partial charge in [-0.3, -0.25) is 10.00 Å². The number of anilines is 1. The highest BCUT2D eigenvalue weighted by Crippen LogP contribution is 2.47. The van der Waals surface area contributed by atoms with Gasteiger partial charge < -0.3 is 14.0 Å². The molecule has 188 valence electrons. The van der Waals surface area contributed by atoms with Crippen LogP contribution in [0.1, 0.15) is 51.6 Å². The first-order valence-corrected chi connectivity index (χ1v) is 12.7. The molecule has 2 aromatic carbocycles. The number of rotatable bonds is 7. The highest BCUT2D eigenvalue weighted by molar-refractivity contribution is 6.05. The Morgan fingerprint density at radius 3 is 2.50 bits per heavy atom. The van der Waals surface area contributed by atoms with Gasteiger partial charge >= 0.3 is 6.09 Å². The summed E-state index contributed by atoms with van der Waals surface area (Å²) in [5.41, 5.74) is 7.36. The number of hydrogen-bond acceptors (Lipinski definition) is 4. The van der Waals surface area contributed by atoms with Gasteiger partial charge in [-0.1, -0.05) is 12.1 Å². The fraction of sp³-hybridized carbons (Fsp3) is 0.379. The Labute approximate surface area is 212 Å². The first kappa shape index (κ1) is 24.0. The van der Waals surface area contributed by atoms with Gasteiger partial charge in [-0.2, -0.15) is 5.10 Å². The minimum atomic E-state index is -0.449. The molecular weight excluding hydrogens is 452 g/mol. The summed E-state index contributed by atoms with van der Waals surface area (Å²) in [6, 6.07) is 14.8. The van der Waals surface area contributed by atoms with Crippen LogP contribution in [0, 0.1) is 6.92 Å². The van der Waals surface area contributed by atoms with Gasteiger partial charge in [-0.15, -0.1) is 0 Å². The van der Waals surface area contributed by atoms with Crippen molar-refractivity contribution >= 4 is 22.7 Å². The number of aromatic nitrogens is 3. The van der Waals surface area contributed by atoms with Crippen LogP contribution in [0.4, 0.5) is 10.5 Å². The topological polar surface area (TPSA) is 70.3 Å². The maximum absolute atomic E-state index is 12.1. The largest absolute Gasteiger partial charge is 0.494 e. The standard InChI is InChI=1S/C29H34N4O3/c1-6-35-23-14-15-24-25(16-23)33(22-8-7-9-22)28(26(24)27-19(4)17-32(5)31-27)20-10-12-21(13-11-20)30-29(34)36-18(2)3/h10-18,22H,6-9H2,1-5H3,(H,30,34). The third kappa shape index (κ3) is 4.45. The summed E-state index contributed by atoms with van der Waals surface area (Å²) in [7, 11) is 1.96. The number of ether oxygens (including phenoxy) is 2. The number of carbonyl (C=O) groups is 1. The molecule has 0 radical (unpaired) electrons. The number of aryl methyl sites for hydroxylation is 2. The van der Waals surface area contributed by atoms with Crippen molar-refractivity contribution in [2.45, 2.75) is 59.1 Å². The minimum absolute atomic E-state index is 0.173. The first-order valence-electron chi connectivity index (χ1n) is 12.7. The van der Waals surface area contributed by atoms with Gasteiger partial charge in [0.1, 0.15) is 5.75 Å². The first-order chi connectivity index (χ1) is 17.4. The summed E-state index contributed by atoms with van der Waals surface area (Å²) in [4.78, 5) is 12.1. The summed E-state index contributed by atoms with van der Waals surface area (Å²) < 4.78 is 15.5. The number of fused-ring (bicyclic) bond motifs is 1. The molecule has 1 saturated carbocycles. The number of amides is 1. The summed E-state index contributed by atoms with van der Waals surface area (Å²) in [5.74, 6) is 0.877. The number of carbonyl (C=O) groups excluding carboxylic acids is 1. The van der Waals surface area contributed by atoms with Crippen molar-refractivity contribution in [1.29, 1.82) is 0 Å². The van der Waals surface area contributed by atoms with Crippen molar-refractivity contribution in [2.24, 2.45) is 7.05 Å². The second kappa shape index (κ2) is 9.72. The van der Waals surface area contributed by atoms with Crippen LogP contribution in [0.2, 0.25) is 0 Å². The Balaban J connectivity index is 1.69. The van der Waals surface area contributed by atoms with E-state index in [0.717, 1.165) is 46.7 Å². The Hall–Kier alpha value is -3.74. The molecule has 1 fully saturated rings. The molecule has 36 heavy (non-hydrogen) atoms. The van der Waals surface area contributed by atoms with Crippen molar-refractivity contribution in [3.05, 3.63) is 54.2 Å². The highest BCUT2D eigenvalue weighted by atomic mass is 16.6. The van der Waals surface area contributed by atoms with Crippen LogP contribution >= 0.6 is 0 Å². The molecule has 7 nitrogen and oxygen atoms in total.